The molecule has 0 N–H and O–H groups in total. The lowest BCUT2D eigenvalue weighted by molar-refractivity contribution is 1.08. The molecule has 0 unspecified atom stereocenters. The molecule has 8 aromatic rings. The van der Waals surface area contributed by atoms with Crippen LogP contribution in [0.15, 0.2) is 146 Å². The minimum Gasteiger partial charge on any atom is -0.277 e. The summed E-state index contributed by atoms with van der Waals surface area (Å²) in [6.45, 7) is 0. The van der Waals surface area contributed by atoms with Crippen LogP contribution >= 0.6 is 0 Å². The van der Waals surface area contributed by atoms with Crippen LogP contribution in [0.25, 0.3) is 67.6 Å². The van der Waals surface area contributed by atoms with Gasteiger partial charge < -0.3 is 0 Å². The fourth-order valence-corrected chi connectivity index (χ4v) is 5.53. The summed E-state index contributed by atoms with van der Waals surface area (Å²) >= 11 is 0. The van der Waals surface area contributed by atoms with Gasteiger partial charge in [0, 0.05) is 34.9 Å². The molecule has 0 aliphatic rings. The second-order valence-electron chi connectivity index (χ2n) is 10.1. The van der Waals surface area contributed by atoms with Crippen molar-refractivity contribution in [3.63, 3.8) is 0 Å². The molecule has 0 radical (unpaired) electrons. The van der Waals surface area contributed by atoms with Gasteiger partial charge in [0.05, 0.1) is 0 Å². The van der Waals surface area contributed by atoms with Crippen LogP contribution in [0.3, 0.4) is 0 Å². The lowest BCUT2D eigenvalue weighted by Crippen LogP contribution is -1.99. The standard InChI is InChI=1S/C36H24N6/c1-3-15-29(16-4-1)41-33(39-31-19-9-21-37-35(31)41)27-13-7-11-25(23-27)26-12-8-14-28(24-26)34-40-32-20-10-22-38-36(32)42(34)30-17-5-2-6-18-30/h1-24H. The van der Waals surface area contributed by atoms with Gasteiger partial charge in [0.2, 0.25) is 0 Å². The Morgan fingerprint density at radius 1 is 0.381 bits per heavy atom. The summed E-state index contributed by atoms with van der Waals surface area (Å²) in [6, 6.07) is 45.4. The van der Waals surface area contributed by atoms with Gasteiger partial charge in [0.15, 0.2) is 11.3 Å². The van der Waals surface area contributed by atoms with Crippen molar-refractivity contribution in [3.8, 4) is 45.3 Å². The molecule has 198 valence electrons. The lowest BCUT2D eigenvalue weighted by Gasteiger charge is -2.12. The van der Waals surface area contributed by atoms with Crippen LogP contribution in [-0.2, 0) is 0 Å². The molecule has 0 atom stereocenters. The number of nitrogens with zero attached hydrogens (tertiary/aromatic N) is 6. The van der Waals surface area contributed by atoms with Gasteiger partial charge in [-0.3, -0.25) is 9.13 Å². The van der Waals surface area contributed by atoms with Gasteiger partial charge in [0.25, 0.3) is 0 Å². The van der Waals surface area contributed by atoms with Crippen molar-refractivity contribution < 1.29 is 0 Å². The first kappa shape index (κ1) is 24.0. The second-order valence-corrected chi connectivity index (χ2v) is 10.1. The first-order valence-corrected chi connectivity index (χ1v) is 13.8. The van der Waals surface area contributed by atoms with Gasteiger partial charge in [-0.1, -0.05) is 72.8 Å². The number of hydrogen-bond donors (Lipinski definition) is 0. The number of hydrogen-bond acceptors (Lipinski definition) is 4. The van der Waals surface area contributed by atoms with Gasteiger partial charge in [0.1, 0.15) is 22.7 Å². The highest BCUT2D eigenvalue weighted by Gasteiger charge is 2.18. The molecule has 4 heterocycles. The third kappa shape index (κ3) is 4.05. The van der Waals surface area contributed by atoms with E-state index < -0.39 is 0 Å². The summed E-state index contributed by atoms with van der Waals surface area (Å²) in [4.78, 5) is 19.4. The van der Waals surface area contributed by atoms with E-state index in [0.717, 1.165) is 67.6 Å². The monoisotopic (exact) mass is 540 g/mol. The lowest BCUT2D eigenvalue weighted by atomic mass is 10.0. The molecule has 0 amide bonds. The molecule has 4 aromatic heterocycles. The topological polar surface area (TPSA) is 61.4 Å². The van der Waals surface area contributed by atoms with Gasteiger partial charge in [-0.05, 0) is 71.8 Å². The highest BCUT2D eigenvalue weighted by molar-refractivity contribution is 5.83. The highest BCUT2D eigenvalue weighted by atomic mass is 15.1. The first-order chi connectivity index (χ1) is 20.8. The zero-order valence-electron chi connectivity index (χ0n) is 22.5. The summed E-state index contributed by atoms with van der Waals surface area (Å²) in [5, 5.41) is 0. The number of fused-ring (bicyclic) bond motifs is 2. The van der Waals surface area contributed by atoms with Crippen LogP contribution in [-0.4, -0.2) is 29.1 Å². The van der Waals surface area contributed by atoms with Crippen LogP contribution in [0.1, 0.15) is 0 Å². The Kier molecular flexibility index (Phi) is 5.67. The summed E-state index contributed by atoms with van der Waals surface area (Å²) in [7, 11) is 0. The van der Waals surface area contributed by atoms with Crippen molar-refractivity contribution in [2.24, 2.45) is 0 Å². The van der Waals surface area contributed by atoms with Gasteiger partial charge in [-0.2, -0.15) is 0 Å². The van der Waals surface area contributed by atoms with Crippen molar-refractivity contribution in [1.82, 2.24) is 29.1 Å². The third-order valence-corrected chi connectivity index (χ3v) is 7.44. The summed E-state index contributed by atoms with van der Waals surface area (Å²) in [5.74, 6) is 1.70. The Bertz CT molecular complexity index is 2040. The van der Waals surface area contributed by atoms with Crippen LogP contribution in [0.2, 0.25) is 0 Å². The van der Waals surface area contributed by atoms with Gasteiger partial charge in [-0.25, -0.2) is 19.9 Å². The fraction of sp³-hybridized carbons (Fsp3) is 0. The summed E-state index contributed by atoms with van der Waals surface area (Å²) in [5.41, 5.74) is 9.64. The number of para-hydroxylation sites is 2. The van der Waals surface area contributed by atoms with E-state index in [9.17, 15) is 0 Å². The van der Waals surface area contributed by atoms with E-state index in [2.05, 4.69) is 91.9 Å². The summed E-state index contributed by atoms with van der Waals surface area (Å²) < 4.78 is 4.25. The van der Waals surface area contributed by atoms with Crippen molar-refractivity contribution in [3.05, 3.63) is 146 Å². The van der Waals surface area contributed by atoms with Gasteiger partial charge >= 0.3 is 0 Å². The minimum atomic E-state index is 0.833. The van der Waals surface area contributed by atoms with Crippen LogP contribution < -0.4 is 0 Å². The average molecular weight is 541 g/mol. The maximum Gasteiger partial charge on any atom is 0.164 e. The smallest absolute Gasteiger partial charge is 0.164 e. The predicted molar refractivity (Wildman–Crippen MR) is 168 cm³/mol. The normalized spacial score (nSPS) is 11.3. The molecule has 6 nitrogen and oxygen atoms in total. The van der Waals surface area contributed by atoms with E-state index in [1.807, 2.05) is 73.1 Å². The Morgan fingerprint density at radius 2 is 0.810 bits per heavy atom. The number of pyridine rings is 2. The fourth-order valence-electron chi connectivity index (χ4n) is 5.53. The Labute approximate surface area is 242 Å². The van der Waals surface area contributed by atoms with E-state index >= 15 is 0 Å². The van der Waals surface area contributed by atoms with E-state index in [1.54, 1.807) is 0 Å². The van der Waals surface area contributed by atoms with Crippen molar-refractivity contribution in [2.45, 2.75) is 0 Å². The molecule has 0 saturated heterocycles. The Hall–Kier alpha value is -5.88. The SMILES string of the molecule is c1ccc(-n2c(-c3cccc(-c4cccc(-c5nc6cccnc6n5-c5ccccc5)c4)c3)nc3cccnc32)cc1. The van der Waals surface area contributed by atoms with Gasteiger partial charge in [-0.15, -0.1) is 0 Å². The molecule has 42 heavy (non-hydrogen) atoms. The van der Waals surface area contributed by atoms with E-state index in [0.29, 0.717) is 0 Å². The van der Waals surface area contributed by atoms with Crippen LogP contribution in [0.4, 0.5) is 0 Å². The van der Waals surface area contributed by atoms with Crippen LogP contribution in [0, 0.1) is 0 Å². The predicted octanol–water partition coefficient (Wildman–Crippen LogP) is 8.16. The average Bonchev–Trinajstić information content (AvgIpc) is 3.65. The molecule has 4 aromatic carbocycles. The van der Waals surface area contributed by atoms with Crippen molar-refractivity contribution >= 4 is 22.3 Å². The van der Waals surface area contributed by atoms with E-state index in [-0.39, 0.29) is 0 Å². The van der Waals surface area contributed by atoms with Crippen LogP contribution in [0.5, 0.6) is 0 Å². The highest BCUT2D eigenvalue weighted by Crippen LogP contribution is 2.33. The Morgan fingerprint density at radius 3 is 1.26 bits per heavy atom. The summed E-state index contributed by atoms with van der Waals surface area (Å²) in [6.07, 6.45) is 3.63. The number of aromatic nitrogens is 6. The second kappa shape index (κ2) is 9.94. The molecule has 0 saturated carbocycles. The van der Waals surface area contributed by atoms with E-state index in [4.69, 9.17) is 9.97 Å². The molecular weight excluding hydrogens is 516 g/mol. The third-order valence-electron chi connectivity index (χ3n) is 7.44. The first-order valence-electron chi connectivity index (χ1n) is 13.8. The van der Waals surface area contributed by atoms with E-state index in [1.165, 1.54) is 0 Å². The molecule has 8 rings (SSSR count). The zero-order chi connectivity index (χ0) is 27.9. The van der Waals surface area contributed by atoms with Crippen molar-refractivity contribution in [1.29, 1.82) is 0 Å². The quantitative estimate of drug-likeness (QED) is 0.221. The Balaban J connectivity index is 1.26. The molecule has 0 aliphatic carbocycles. The molecular formula is C36H24N6. The maximum atomic E-state index is 5.01. The number of imidazole rings is 2. The largest absolute Gasteiger partial charge is 0.277 e. The molecule has 0 fully saturated rings. The zero-order valence-corrected chi connectivity index (χ0v) is 22.5. The van der Waals surface area contributed by atoms with Crippen molar-refractivity contribution in [2.75, 3.05) is 0 Å². The molecule has 0 spiro atoms. The molecule has 0 aliphatic heterocycles. The maximum absolute atomic E-state index is 5.01. The molecule has 6 heteroatoms. The number of benzene rings is 4. The number of rotatable bonds is 5. The molecule has 0 bridgehead atoms. The minimum absolute atomic E-state index is 0.833.